The van der Waals surface area contributed by atoms with Crippen molar-refractivity contribution in [3.63, 3.8) is 0 Å². The van der Waals surface area contributed by atoms with Gasteiger partial charge in [0.2, 0.25) is 10.0 Å². The predicted molar refractivity (Wildman–Crippen MR) is 122 cm³/mol. The lowest BCUT2D eigenvalue weighted by molar-refractivity contribution is 0.574. The summed E-state index contributed by atoms with van der Waals surface area (Å²) in [5.74, 6) is 0.123. The lowest BCUT2D eigenvalue weighted by Gasteiger charge is -2.30. The van der Waals surface area contributed by atoms with Gasteiger partial charge >= 0.3 is 0 Å². The molecule has 2 aromatic carbocycles. The molecule has 0 atom stereocenters. The molecule has 0 unspecified atom stereocenters. The van der Waals surface area contributed by atoms with Gasteiger partial charge < -0.3 is 0 Å². The van der Waals surface area contributed by atoms with Crippen molar-refractivity contribution in [1.82, 2.24) is 0 Å². The van der Waals surface area contributed by atoms with Crippen LogP contribution in [0, 0.1) is 13.8 Å². The summed E-state index contributed by atoms with van der Waals surface area (Å²) in [6.07, 6.45) is 1.45. The summed E-state index contributed by atoms with van der Waals surface area (Å²) in [4.78, 5) is 0.151. The molecule has 1 heterocycles. The number of benzene rings is 2. The molecule has 3 rings (SSSR count). The Morgan fingerprint density at radius 3 is 2.17 bits per heavy atom. The Morgan fingerprint density at radius 2 is 1.60 bits per heavy atom. The minimum Gasteiger partial charge on any atom is -0.280 e. The van der Waals surface area contributed by atoms with Crippen LogP contribution in [0.25, 0.3) is 0 Å². The van der Waals surface area contributed by atoms with Gasteiger partial charge in [-0.1, -0.05) is 32.9 Å². The zero-order valence-electron chi connectivity index (χ0n) is 18.2. The van der Waals surface area contributed by atoms with Crippen molar-refractivity contribution in [2.75, 3.05) is 21.3 Å². The average molecular weight is 451 g/mol. The molecule has 1 N–H and O–H groups in total. The fourth-order valence-electron chi connectivity index (χ4n) is 3.64. The largest absolute Gasteiger partial charge is 0.280 e. The van der Waals surface area contributed by atoms with Crippen LogP contribution in [0.5, 0.6) is 0 Å². The number of nitrogens with zero attached hydrogens (tertiary/aromatic N) is 1. The van der Waals surface area contributed by atoms with Crippen molar-refractivity contribution in [3.8, 4) is 0 Å². The summed E-state index contributed by atoms with van der Waals surface area (Å²) in [6.45, 7) is 10.2. The SMILES string of the molecule is Cc1cc(S(=O)(=O)Nc2ccc(C(C)(C)C)cc2)c(C)cc1N1CCCCS1(=O)=O. The highest BCUT2D eigenvalue weighted by Crippen LogP contribution is 2.32. The highest BCUT2D eigenvalue weighted by atomic mass is 32.2. The molecule has 8 heteroatoms. The number of sulfonamides is 2. The first-order chi connectivity index (χ1) is 13.8. The maximum absolute atomic E-state index is 13.0. The van der Waals surface area contributed by atoms with Crippen molar-refractivity contribution >= 4 is 31.4 Å². The number of hydrogen-bond donors (Lipinski definition) is 1. The first-order valence-electron chi connectivity index (χ1n) is 10.1. The van der Waals surface area contributed by atoms with E-state index in [2.05, 4.69) is 25.5 Å². The van der Waals surface area contributed by atoms with Crippen LogP contribution in [0.2, 0.25) is 0 Å². The molecular formula is C22H30N2O4S2. The number of aryl methyl sites for hydroxylation is 2. The first kappa shape index (κ1) is 22.6. The van der Waals surface area contributed by atoms with Crippen molar-refractivity contribution in [2.24, 2.45) is 0 Å². The molecule has 1 aliphatic heterocycles. The van der Waals surface area contributed by atoms with E-state index in [0.717, 1.165) is 12.0 Å². The first-order valence-corrected chi connectivity index (χ1v) is 13.2. The summed E-state index contributed by atoms with van der Waals surface area (Å²) in [7, 11) is -7.17. The molecule has 2 aromatic rings. The molecule has 0 radical (unpaired) electrons. The third-order valence-electron chi connectivity index (χ3n) is 5.40. The number of rotatable bonds is 4. The van der Waals surface area contributed by atoms with Crippen molar-refractivity contribution in [2.45, 2.75) is 57.8 Å². The third kappa shape index (κ3) is 4.64. The molecule has 0 amide bonds. The molecular weight excluding hydrogens is 420 g/mol. The zero-order chi connectivity index (χ0) is 22.3. The van der Waals surface area contributed by atoms with Gasteiger partial charge in [-0.05, 0) is 73.1 Å². The number of anilines is 2. The van der Waals surface area contributed by atoms with E-state index < -0.39 is 20.0 Å². The van der Waals surface area contributed by atoms with E-state index in [1.165, 1.54) is 4.31 Å². The third-order valence-corrected chi connectivity index (χ3v) is 8.78. The predicted octanol–water partition coefficient (Wildman–Crippen LogP) is 4.33. The fraction of sp³-hybridized carbons (Fsp3) is 0.455. The van der Waals surface area contributed by atoms with Crippen LogP contribution in [0.3, 0.4) is 0 Å². The lowest BCUT2D eigenvalue weighted by Crippen LogP contribution is -2.38. The molecule has 0 bridgehead atoms. The van der Waals surface area contributed by atoms with Gasteiger partial charge in [-0.3, -0.25) is 9.03 Å². The van der Waals surface area contributed by atoms with Crippen LogP contribution in [-0.4, -0.2) is 29.1 Å². The number of hydrogen-bond acceptors (Lipinski definition) is 4. The van der Waals surface area contributed by atoms with Crippen molar-refractivity contribution in [1.29, 1.82) is 0 Å². The van der Waals surface area contributed by atoms with Gasteiger partial charge in [0, 0.05) is 12.2 Å². The van der Waals surface area contributed by atoms with Gasteiger partial charge in [0.15, 0.2) is 0 Å². The minimum absolute atomic E-state index is 0.0181. The zero-order valence-corrected chi connectivity index (χ0v) is 19.8. The maximum Gasteiger partial charge on any atom is 0.262 e. The molecule has 1 saturated heterocycles. The van der Waals surface area contributed by atoms with E-state index in [1.54, 1.807) is 38.1 Å². The normalized spacial score (nSPS) is 17.0. The summed E-state index contributed by atoms with van der Waals surface area (Å²) < 4.78 is 55.0. The molecule has 0 aromatic heterocycles. The van der Waals surface area contributed by atoms with Crippen LogP contribution in [0.4, 0.5) is 11.4 Å². The summed E-state index contributed by atoms with van der Waals surface area (Å²) in [5, 5.41) is 0. The summed E-state index contributed by atoms with van der Waals surface area (Å²) in [6, 6.07) is 10.6. The van der Waals surface area contributed by atoms with E-state index in [9.17, 15) is 16.8 Å². The van der Waals surface area contributed by atoms with Crippen LogP contribution < -0.4 is 9.03 Å². The molecule has 1 aliphatic rings. The molecule has 0 saturated carbocycles. The van der Waals surface area contributed by atoms with E-state index in [4.69, 9.17) is 0 Å². The Balaban J connectivity index is 1.92. The Bertz CT molecular complexity index is 1150. The second kappa shape index (κ2) is 7.89. The summed E-state index contributed by atoms with van der Waals surface area (Å²) in [5.41, 5.74) is 3.27. The van der Waals surface area contributed by atoms with Crippen LogP contribution in [0.15, 0.2) is 41.3 Å². The van der Waals surface area contributed by atoms with E-state index in [-0.39, 0.29) is 16.1 Å². The topological polar surface area (TPSA) is 83.6 Å². The van der Waals surface area contributed by atoms with E-state index in [1.807, 2.05) is 12.1 Å². The van der Waals surface area contributed by atoms with E-state index in [0.29, 0.717) is 35.5 Å². The molecule has 1 fully saturated rings. The Kier molecular flexibility index (Phi) is 5.95. The Labute approximate surface area is 180 Å². The average Bonchev–Trinajstić information content (AvgIpc) is 2.62. The van der Waals surface area contributed by atoms with Gasteiger partial charge in [-0.15, -0.1) is 0 Å². The lowest BCUT2D eigenvalue weighted by atomic mass is 9.87. The van der Waals surface area contributed by atoms with Gasteiger partial charge in [-0.25, -0.2) is 16.8 Å². The van der Waals surface area contributed by atoms with Crippen LogP contribution in [0.1, 0.15) is 50.3 Å². The van der Waals surface area contributed by atoms with Gasteiger partial charge in [0.1, 0.15) is 0 Å². The molecule has 30 heavy (non-hydrogen) atoms. The van der Waals surface area contributed by atoms with E-state index >= 15 is 0 Å². The minimum atomic E-state index is -3.81. The Hall–Kier alpha value is -2.06. The van der Waals surface area contributed by atoms with Gasteiger partial charge in [0.05, 0.1) is 16.3 Å². The highest BCUT2D eigenvalue weighted by Gasteiger charge is 2.29. The molecule has 6 nitrogen and oxygen atoms in total. The van der Waals surface area contributed by atoms with Gasteiger partial charge in [-0.2, -0.15) is 0 Å². The molecule has 0 spiro atoms. The van der Waals surface area contributed by atoms with Crippen LogP contribution >= 0.6 is 0 Å². The number of nitrogens with one attached hydrogen (secondary N) is 1. The highest BCUT2D eigenvalue weighted by molar-refractivity contribution is 7.93. The smallest absolute Gasteiger partial charge is 0.262 e. The second-order valence-electron chi connectivity index (χ2n) is 8.93. The van der Waals surface area contributed by atoms with Crippen LogP contribution in [-0.2, 0) is 25.5 Å². The molecule has 164 valence electrons. The quantitative estimate of drug-likeness (QED) is 0.751. The van der Waals surface area contributed by atoms with Gasteiger partial charge in [0.25, 0.3) is 10.0 Å². The van der Waals surface area contributed by atoms with Crippen molar-refractivity contribution in [3.05, 3.63) is 53.1 Å². The second-order valence-corrected chi connectivity index (χ2v) is 12.6. The fourth-order valence-corrected chi connectivity index (χ4v) is 6.70. The molecule has 0 aliphatic carbocycles. The van der Waals surface area contributed by atoms with Crippen molar-refractivity contribution < 1.29 is 16.8 Å². The standard InChI is InChI=1S/C22H30N2O4S2/c1-16-15-21(17(2)14-20(16)24-12-6-7-13-29(24,25)26)30(27,28)23-19-10-8-18(9-11-19)22(3,4)5/h8-11,14-15,23H,6-7,12-13H2,1-5H3. The summed E-state index contributed by atoms with van der Waals surface area (Å²) >= 11 is 0. The monoisotopic (exact) mass is 450 g/mol. The Morgan fingerprint density at radius 1 is 0.967 bits per heavy atom. The maximum atomic E-state index is 13.0.